The Bertz CT molecular complexity index is 1350. The van der Waals surface area contributed by atoms with E-state index in [1.807, 2.05) is 37.3 Å². The molecule has 1 saturated carbocycles. The number of amides is 1. The average Bonchev–Trinajstić information content (AvgIpc) is 3.32. The third-order valence-corrected chi connectivity index (χ3v) is 8.73. The number of anilines is 1. The fourth-order valence-electron chi connectivity index (χ4n) is 4.26. The molecule has 1 aliphatic carbocycles. The fraction of sp³-hybridized carbons (Fsp3) is 0.259. The molecular formula is C27H26N2O3S. The van der Waals surface area contributed by atoms with E-state index in [1.54, 1.807) is 43.5 Å². The minimum atomic E-state index is -3.88. The van der Waals surface area contributed by atoms with Gasteiger partial charge in [-0.2, -0.15) is 0 Å². The summed E-state index contributed by atoms with van der Waals surface area (Å²) in [4.78, 5) is 17.9. The molecule has 5 nitrogen and oxygen atoms in total. The molecule has 1 heterocycles. The number of carbonyl (C=O) groups is 1. The molecule has 0 atom stereocenters. The first kappa shape index (κ1) is 22.8. The molecule has 1 fully saturated rings. The third kappa shape index (κ3) is 4.55. The normalized spacial score (nSPS) is 14.8. The highest BCUT2D eigenvalue weighted by Crippen LogP contribution is 2.42. The summed E-state index contributed by atoms with van der Waals surface area (Å²) in [6.07, 6.45) is 3.71. The quantitative estimate of drug-likeness (QED) is 0.569. The van der Waals surface area contributed by atoms with Crippen LogP contribution in [-0.4, -0.2) is 24.1 Å². The fourth-order valence-corrected chi connectivity index (χ4v) is 6.64. The van der Waals surface area contributed by atoms with Gasteiger partial charge in [-0.3, -0.25) is 4.79 Å². The first-order chi connectivity index (χ1) is 15.8. The highest BCUT2D eigenvalue weighted by atomic mass is 32.2. The van der Waals surface area contributed by atoms with E-state index >= 15 is 0 Å². The van der Waals surface area contributed by atoms with E-state index in [2.05, 4.69) is 22.1 Å². The topological polar surface area (TPSA) is 76.1 Å². The van der Waals surface area contributed by atoms with Crippen LogP contribution >= 0.6 is 0 Å². The maximum absolute atomic E-state index is 13.8. The summed E-state index contributed by atoms with van der Waals surface area (Å²) in [7, 11) is -3.88. The maximum atomic E-state index is 13.8. The van der Waals surface area contributed by atoms with Crippen LogP contribution < -0.4 is 5.32 Å². The van der Waals surface area contributed by atoms with E-state index in [1.165, 1.54) is 0 Å². The Kier molecular flexibility index (Phi) is 6.35. The Morgan fingerprint density at radius 1 is 0.970 bits per heavy atom. The van der Waals surface area contributed by atoms with Crippen LogP contribution in [0.25, 0.3) is 0 Å². The van der Waals surface area contributed by atoms with Crippen molar-refractivity contribution in [1.82, 2.24) is 4.98 Å². The molecule has 0 radical (unpaired) electrons. The Balaban J connectivity index is 1.64. The van der Waals surface area contributed by atoms with E-state index < -0.39 is 20.5 Å². The molecule has 0 unspecified atom stereocenters. The molecule has 2 aromatic carbocycles. The minimum Gasteiger partial charge on any atom is -0.325 e. The Hall–Kier alpha value is -3.43. The van der Waals surface area contributed by atoms with Crippen molar-refractivity contribution in [2.75, 3.05) is 5.32 Å². The number of nitrogens with one attached hydrogen (secondary N) is 1. The van der Waals surface area contributed by atoms with Crippen molar-refractivity contribution in [2.24, 2.45) is 0 Å². The van der Waals surface area contributed by atoms with Crippen molar-refractivity contribution >= 4 is 21.4 Å². The maximum Gasteiger partial charge on any atom is 0.246 e. The molecule has 33 heavy (non-hydrogen) atoms. The van der Waals surface area contributed by atoms with Crippen molar-refractivity contribution in [2.45, 2.75) is 49.2 Å². The number of benzene rings is 2. The van der Waals surface area contributed by atoms with Gasteiger partial charge in [0.05, 0.1) is 4.90 Å². The predicted molar refractivity (Wildman–Crippen MR) is 130 cm³/mol. The van der Waals surface area contributed by atoms with Crippen LogP contribution in [0.5, 0.6) is 0 Å². The second kappa shape index (κ2) is 9.21. The zero-order valence-corrected chi connectivity index (χ0v) is 19.6. The van der Waals surface area contributed by atoms with Gasteiger partial charge in [0.15, 0.2) is 14.6 Å². The van der Waals surface area contributed by atoms with Crippen molar-refractivity contribution in [3.63, 3.8) is 0 Å². The average molecular weight is 459 g/mol. The van der Waals surface area contributed by atoms with Crippen molar-refractivity contribution in [3.8, 4) is 11.8 Å². The second-order valence-electron chi connectivity index (χ2n) is 8.47. The van der Waals surface area contributed by atoms with E-state index in [0.717, 1.165) is 5.56 Å². The van der Waals surface area contributed by atoms with Gasteiger partial charge in [-0.15, -0.1) is 0 Å². The number of nitrogens with zero attached hydrogens (tertiary/aromatic N) is 1. The summed E-state index contributed by atoms with van der Waals surface area (Å²) in [6, 6.07) is 18.0. The lowest BCUT2D eigenvalue weighted by Gasteiger charge is -2.28. The second-order valence-corrected chi connectivity index (χ2v) is 10.7. The number of pyridine rings is 1. The van der Waals surface area contributed by atoms with Gasteiger partial charge in [0.1, 0.15) is 5.69 Å². The molecule has 0 spiro atoms. The summed E-state index contributed by atoms with van der Waals surface area (Å²) >= 11 is 0. The number of rotatable bonds is 4. The molecule has 0 aliphatic heterocycles. The van der Waals surface area contributed by atoms with Gasteiger partial charge in [-0.05, 0) is 80.1 Å². The van der Waals surface area contributed by atoms with Crippen molar-refractivity contribution < 1.29 is 13.2 Å². The number of sulfone groups is 1. The third-order valence-electron chi connectivity index (χ3n) is 6.09. The van der Waals surface area contributed by atoms with Crippen LogP contribution in [0.1, 0.15) is 48.1 Å². The minimum absolute atomic E-state index is 0.245. The van der Waals surface area contributed by atoms with E-state index in [4.69, 9.17) is 0 Å². The van der Waals surface area contributed by atoms with Crippen molar-refractivity contribution in [1.29, 1.82) is 0 Å². The lowest BCUT2D eigenvalue weighted by Crippen LogP contribution is -2.47. The number of carbonyl (C=O) groups excluding carboxylic acids is 1. The van der Waals surface area contributed by atoms with Gasteiger partial charge in [-0.25, -0.2) is 13.4 Å². The highest BCUT2D eigenvalue weighted by Gasteiger charge is 2.53. The van der Waals surface area contributed by atoms with E-state index in [0.29, 0.717) is 48.2 Å². The van der Waals surface area contributed by atoms with E-state index in [9.17, 15) is 13.2 Å². The molecule has 1 N–H and O–H groups in total. The number of hydrogen-bond donors (Lipinski definition) is 1. The molecule has 168 valence electrons. The number of aromatic nitrogens is 1. The van der Waals surface area contributed by atoms with Crippen LogP contribution in [0.4, 0.5) is 5.69 Å². The van der Waals surface area contributed by atoms with Crippen LogP contribution in [0.3, 0.4) is 0 Å². The Labute approximate surface area is 195 Å². The lowest BCUT2D eigenvalue weighted by molar-refractivity contribution is -0.118. The summed E-state index contributed by atoms with van der Waals surface area (Å²) in [5, 5.41) is 2.87. The zero-order chi connectivity index (χ0) is 23.5. The summed E-state index contributed by atoms with van der Waals surface area (Å²) < 4.78 is 26.1. The van der Waals surface area contributed by atoms with Gasteiger partial charge >= 0.3 is 0 Å². The first-order valence-electron chi connectivity index (χ1n) is 11.0. The van der Waals surface area contributed by atoms with Gasteiger partial charge in [0.25, 0.3) is 0 Å². The summed E-state index contributed by atoms with van der Waals surface area (Å²) in [5.41, 5.74) is 3.39. The Morgan fingerprint density at radius 3 is 2.48 bits per heavy atom. The van der Waals surface area contributed by atoms with Crippen LogP contribution in [-0.2, 0) is 14.6 Å². The molecule has 6 heteroatoms. The lowest BCUT2D eigenvalue weighted by atomic mass is 10.1. The molecule has 3 aromatic rings. The van der Waals surface area contributed by atoms with Crippen LogP contribution in [0.2, 0.25) is 0 Å². The van der Waals surface area contributed by atoms with E-state index in [-0.39, 0.29) is 4.90 Å². The molecule has 0 bridgehead atoms. The first-order valence-corrected chi connectivity index (χ1v) is 12.5. The van der Waals surface area contributed by atoms with Gasteiger partial charge in [0, 0.05) is 17.4 Å². The van der Waals surface area contributed by atoms with Gasteiger partial charge in [-0.1, -0.05) is 43.0 Å². The molecule has 1 aromatic heterocycles. The smallest absolute Gasteiger partial charge is 0.246 e. The van der Waals surface area contributed by atoms with Crippen LogP contribution in [0, 0.1) is 25.7 Å². The largest absolute Gasteiger partial charge is 0.325 e. The molecular weight excluding hydrogens is 432 g/mol. The monoisotopic (exact) mass is 458 g/mol. The highest BCUT2D eigenvalue weighted by molar-refractivity contribution is 7.93. The van der Waals surface area contributed by atoms with Gasteiger partial charge in [0.2, 0.25) is 5.91 Å². The summed E-state index contributed by atoms with van der Waals surface area (Å²) in [5.74, 6) is 5.56. The molecule has 1 amide bonds. The molecule has 0 saturated heterocycles. The van der Waals surface area contributed by atoms with Crippen molar-refractivity contribution in [3.05, 3.63) is 89.2 Å². The van der Waals surface area contributed by atoms with Crippen LogP contribution in [0.15, 0.2) is 71.8 Å². The molecule has 4 rings (SSSR count). The predicted octanol–water partition coefficient (Wildman–Crippen LogP) is 4.82. The standard InChI is InChI=1S/C27H26N2O3S/c1-20-11-12-21(2)25(18-20)33(31,32)27(15-4-5-16-27)26(30)29-24-10-7-8-22(19-24)13-14-23-9-3-6-17-28-23/h3,6-12,17-19H,4-5,15-16H2,1-2H3,(H,29,30). The Morgan fingerprint density at radius 2 is 1.76 bits per heavy atom. The number of aryl methyl sites for hydroxylation is 2. The summed E-state index contributed by atoms with van der Waals surface area (Å²) in [6.45, 7) is 3.63. The number of hydrogen-bond acceptors (Lipinski definition) is 4. The zero-order valence-electron chi connectivity index (χ0n) is 18.8. The molecule has 1 aliphatic rings. The van der Waals surface area contributed by atoms with Gasteiger partial charge < -0.3 is 5.32 Å². The SMILES string of the molecule is Cc1ccc(C)c(S(=O)(=O)C2(C(=O)Nc3cccc(C#Cc4ccccn4)c3)CCCC2)c1.